The Bertz CT molecular complexity index is 670. The monoisotopic (exact) mass is 276 g/mol. The van der Waals surface area contributed by atoms with Gasteiger partial charge >= 0.3 is 0 Å². The Hall–Kier alpha value is -1.88. The molecular weight excluding hydrogens is 260 g/mol. The van der Waals surface area contributed by atoms with Gasteiger partial charge in [0.1, 0.15) is 0 Å². The lowest BCUT2D eigenvalue weighted by molar-refractivity contribution is 0.0954. The van der Waals surface area contributed by atoms with Crippen LogP contribution in [0.1, 0.15) is 32.1 Å². The van der Waals surface area contributed by atoms with Gasteiger partial charge in [0.25, 0.3) is 11.5 Å². The summed E-state index contributed by atoms with van der Waals surface area (Å²) in [6, 6.07) is 3.81. The second-order valence-electron chi connectivity index (χ2n) is 4.56. The first-order chi connectivity index (χ1) is 8.99. The molecule has 0 saturated carbocycles. The van der Waals surface area contributed by atoms with E-state index in [0.29, 0.717) is 10.4 Å². The van der Waals surface area contributed by atoms with Gasteiger partial charge in [0.15, 0.2) is 0 Å². The standard InChI is InChI=1S/C14H16N2O2S/c1-8-4-5-19-12(8)14(18)15-7-11-9(2)6-10(3)16-13(11)17/h4-6H,7H2,1-3H3,(H,15,18)(H,16,17). The van der Waals surface area contributed by atoms with Crippen molar-refractivity contribution in [3.63, 3.8) is 0 Å². The summed E-state index contributed by atoms with van der Waals surface area (Å²) in [6.45, 7) is 5.86. The number of pyridine rings is 1. The number of aryl methyl sites for hydroxylation is 3. The van der Waals surface area contributed by atoms with Gasteiger partial charge in [-0.1, -0.05) is 0 Å². The van der Waals surface area contributed by atoms with Crippen molar-refractivity contribution in [1.82, 2.24) is 10.3 Å². The number of H-pyrrole nitrogens is 1. The topological polar surface area (TPSA) is 62.0 Å². The Morgan fingerprint density at radius 3 is 2.63 bits per heavy atom. The highest BCUT2D eigenvalue weighted by Gasteiger charge is 2.12. The molecule has 19 heavy (non-hydrogen) atoms. The maximum Gasteiger partial charge on any atom is 0.261 e. The van der Waals surface area contributed by atoms with Crippen molar-refractivity contribution in [3.05, 3.63) is 55.1 Å². The minimum absolute atomic E-state index is 0.133. The minimum Gasteiger partial charge on any atom is -0.347 e. The smallest absolute Gasteiger partial charge is 0.261 e. The lowest BCUT2D eigenvalue weighted by atomic mass is 10.1. The molecule has 0 spiro atoms. The zero-order chi connectivity index (χ0) is 14.0. The molecule has 2 N–H and O–H groups in total. The second kappa shape index (κ2) is 5.40. The number of aromatic nitrogens is 1. The largest absolute Gasteiger partial charge is 0.347 e. The lowest BCUT2D eigenvalue weighted by Gasteiger charge is -2.07. The average molecular weight is 276 g/mol. The number of rotatable bonds is 3. The van der Waals surface area contributed by atoms with Crippen molar-refractivity contribution in [3.8, 4) is 0 Å². The van der Waals surface area contributed by atoms with Gasteiger partial charge in [0.2, 0.25) is 0 Å². The van der Waals surface area contributed by atoms with Gasteiger partial charge in [-0.05, 0) is 49.4 Å². The third kappa shape index (κ3) is 2.93. The Balaban J connectivity index is 2.14. The van der Waals surface area contributed by atoms with E-state index in [2.05, 4.69) is 10.3 Å². The Labute approximate surface area is 115 Å². The van der Waals surface area contributed by atoms with Crippen LogP contribution in [0.3, 0.4) is 0 Å². The van der Waals surface area contributed by atoms with Crippen LogP contribution in [0.25, 0.3) is 0 Å². The van der Waals surface area contributed by atoms with Gasteiger partial charge in [-0.2, -0.15) is 0 Å². The van der Waals surface area contributed by atoms with E-state index in [-0.39, 0.29) is 18.0 Å². The summed E-state index contributed by atoms with van der Waals surface area (Å²) in [6.07, 6.45) is 0. The van der Waals surface area contributed by atoms with Crippen molar-refractivity contribution in [1.29, 1.82) is 0 Å². The van der Waals surface area contributed by atoms with E-state index in [0.717, 1.165) is 16.8 Å². The van der Waals surface area contributed by atoms with E-state index < -0.39 is 0 Å². The Kier molecular flexibility index (Phi) is 3.85. The molecule has 0 aliphatic heterocycles. The summed E-state index contributed by atoms with van der Waals surface area (Å²) in [7, 11) is 0. The Morgan fingerprint density at radius 2 is 2.05 bits per heavy atom. The number of hydrogen-bond acceptors (Lipinski definition) is 3. The molecule has 0 atom stereocenters. The summed E-state index contributed by atoms with van der Waals surface area (Å²) in [5, 5.41) is 4.68. The molecule has 0 radical (unpaired) electrons. The maximum absolute atomic E-state index is 12.0. The van der Waals surface area contributed by atoms with Crippen molar-refractivity contribution in [2.24, 2.45) is 0 Å². The number of hydrogen-bond donors (Lipinski definition) is 2. The summed E-state index contributed by atoms with van der Waals surface area (Å²) < 4.78 is 0. The van der Waals surface area contributed by atoms with E-state index >= 15 is 0 Å². The molecule has 100 valence electrons. The van der Waals surface area contributed by atoms with Crippen molar-refractivity contribution < 1.29 is 4.79 Å². The van der Waals surface area contributed by atoms with Gasteiger partial charge < -0.3 is 10.3 Å². The number of amides is 1. The average Bonchev–Trinajstić information content (AvgIpc) is 2.73. The highest BCUT2D eigenvalue weighted by molar-refractivity contribution is 7.12. The zero-order valence-corrected chi connectivity index (χ0v) is 12.0. The lowest BCUT2D eigenvalue weighted by Crippen LogP contribution is -2.27. The highest BCUT2D eigenvalue weighted by atomic mass is 32.1. The third-order valence-corrected chi connectivity index (χ3v) is 4.00. The first kappa shape index (κ1) is 13.5. The molecule has 0 saturated heterocycles. The second-order valence-corrected chi connectivity index (χ2v) is 5.47. The predicted molar refractivity (Wildman–Crippen MR) is 76.8 cm³/mol. The number of carbonyl (C=O) groups is 1. The molecule has 0 aromatic carbocycles. The number of aromatic amines is 1. The summed E-state index contributed by atoms with van der Waals surface area (Å²) >= 11 is 1.41. The summed E-state index contributed by atoms with van der Waals surface area (Å²) in [4.78, 5) is 27.2. The van der Waals surface area contributed by atoms with Gasteiger partial charge in [-0.3, -0.25) is 9.59 Å². The molecule has 0 aliphatic rings. The van der Waals surface area contributed by atoms with Crippen LogP contribution in [0.15, 0.2) is 22.3 Å². The molecule has 2 rings (SSSR count). The first-order valence-electron chi connectivity index (χ1n) is 6.00. The third-order valence-electron chi connectivity index (χ3n) is 2.99. The van der Waals surface area contributed by atoms with Crippen molar-refractivity contribution in [2.75, 3.05) is 0 Å². The summed E-state index contributed by atoms with van der Waals surface area (Å²) in [5.41, 5.74) is 3.14. The van der Waals surface area contributed by atoms with Crippen LogP contribution in [-0.4, -0.2) is 10.9 Å². The van der Waals surface area contributed by atoms with Crippen LogP contribution < -0.4 is 10.9 Å². The molecule has 1 amide bonds. The fourth-order valence-corrected chi connectivity index (χ4v) is 2.80. The molecule has 4 nitrogen and oxygen atoms in total. The van der Waals surface area contributed by atoms with Crippen LogP contribution in [0.5, 0.6) is 0 Å². The SMILES string of the molecule is Cc1cc(C)c(CNC(=O)c2sccc2C)c(=O)[nH]1. The van der Waals surface area contributed by atoms with Crippen LogP contribution in [0.2, 0.25) is 0 Å². The molecule has 2 aromatic heterocycles. The molecule has 0 aliphatic carbocycles. The van der Waals surface area contributed by atoms with E-state index in [9.17, 15) is 9.59 Å². The minimum atomic E-state index is -0.138. The molecule has 0 fully saturated rings. The number of thiophene rings is 1. The van der Waals surface area contributed by atoms with Gasteiger partial charge in [-0.25, -0.2) is 0 Å². The molecule has 0 unspecified atom stereocenters. The van der Waals surface area contributed by atoms with Crippen LogP contribution in [-0.2, 0) is 6.54 Å². The van der Waals surface area contributed by atoms with E-state index in [1.807, 2.05) is 38.3 Å². The molecule has 0 bridgehead atoms. The predicted octanol–water partition coefficient (Wildman–Crippen LogP) is 2.29. The Morgan fingerprint density at radius 1 is 1.32 bits per heavy atom. The fourth-order valence-electron chi connectivity index (χ4n) is 1.96. The zero-order valence-electron chi connectivity index (χ0n) is 11.2. The normalized spacial score (nSPS) is 10.5. The van der Waals surface area contributed by atoms with E-state index in [1.54, 1.807) is 0 Å². The van der Waals surface area contributed by atoms with Crippen LogP contribution in [0, 0.1) is 20.8 Å². The van der Waals surface area contributed by atoms with Gasteiger partial charge in [0, 0.05) is 17.8 Å². The van der Waals surface area contributed by atoms with E-state index in [1.165, 1.54) is 11.3 Å². The quantitative estimate of drug-likeness (QED) is 0.903. The van der Waals surface area contributed by atoms with E-state index in [4.69, 9.17) is 0 Å². The molecule has 2 heterocycles. The van der Waals surface area contributed by atoms with Crippen molar-refractivity contribution in [2.45, 2.75) is 27.3 Å². The van der Waals surface area contributed by atoms with Crippen LogP contribution >= 0.6 is 11.3 Å². The molecule has 2 aromatic rings. The van der Waals surface area contributed by atoms with Crippen molar-refractivity contribution >= 4 is 17.2 Å². The first-order valence-corrected chi connectivity index (χ1v) is 6.88. The van der Waals surface area contributed by atoms with Gasteiger partial charge in [0.05, 0.1) is 4.88 Å². The highest BCUT2D eigenvalue weighted by Crippen LogP contribution is 2.15. The van der Waals surface area contributed by atoms with Crippen LogP contribution in [0.4, 0.5) is 0 Å². The fraction of sp³-hybridized carbons (Fsp3) is 0.286. The number of carbonyl (C=O) groups excluding carboxylic acids is 1. The molecular formula is C14H16N2O2S. The maximum atomic E-state index is 12.0. The summed E-state index contributed by atoms with van der Waals surface area (Å²) in [5.74, 6) is -0.133. The molecule has 5 heteroatoms. The number of nitrogens with one attached hydrogen (secondary N) is 2. The van der Waals surface area contributed by atoms with Gasteiger partial charge in [-0.15, -0.1) is 11.3 Å².